The third-order valence-electron chi connectivity index (χ3n) is 8.66. The van der Waals surface area contributed by atoms with Crippen molar-refractivity contribution in [2.24, 2.45) is 5.92 Å². The van der Waals surface area contributed by atoms with Gasteiger partial charge in [-0.15, -0.1) is 0 Å². The number of nitrogens with one attached hydrogen (secondary N) is 2. The van der Waals surface area contributed by atoms with Crippen LogP contribution in [0.25, 0.3) is 0 Å². The van der Waals surface area contributed by atoms with E-state index in [2.05, 4.69) is 45.6 Å². The number of amides is 4. The monoisotopic (exact) mass is 537 g/mol. The van der Waals surface area contributed by atoms with Gasteiger partial charge in [-0.05, 0) is 61.8 Å². The number of rotatable bonds is 8. The number of hydrogen-bond donors (Lipinski definition) is 2. The summed E-state index contributed by atoms with van der Waals surface area (Å²) in [5.41, 5.74) is 4.97. The first-order valence-electron chi connectivity index (χ1n) is 14.2. The van der Waals surface area contributed by atoms with E-state index in [-0.39, 0.29) is 18.7 Å². The molecular formula is C31H31N5O4. The largest absolute Gasteiger partial charge is 0.384 e. The van der Waals surface area contributed by atoms with Gasteiger partial charge in [-0.2, -0.15) is 5.10 Å². The van der Waals surface area contributed by atoms with E-state index < -0.39 is 23.8 Å². The van der Waals surface area contributed by atoms with Crippen LogP contribution >= 0.6 is 0 Å². The highest BCUT2D eigenvalue weighted by atomic mass is 16.2. The number of hydrogen-bond acceptors (Lipinski definition) is 6. The van der Waals surface area contributed by atoms with Crippen LogP contribution in [0.1, 0.15) is 88.2 Å². The van der Waals surface area contributed by atoms with Crippen molar-refractivity contribution >= 4 is 29.3 Å². The number of nitrogens with zero attached hydrogens (tertiary/aromatic N) is 3. The smallest absolute Gasteiger partial charge is 0.264 e. The molecule has 3 heterocycles. The maximum atomic E-state index is 13.4. The van der Waals surface area contributed by atoms with Crippen molar-refractivity contribution in [1.29, 1.82) is 0 Å². The number of carbonyl (C=O) groups is 4. The summed E-state index contributed by atoms with van der Waals surface area (Å²) in [7, 11) is 0. The van der Waals surface area contributed by atoms with Gasteiger partial charge in [0, 0.05) is 36.7 Å². The Morgan fingerprint density at radius 2 is 1.73 bits per heavy atom. The van der Waals surface area contributed by atoms with Crippen LogP contribution in [0.15, 0.2) is 54.6 Å². The molecule has 2 saturated carbocycles. The van der Waals surface area contributed by atoms with Gasteiger partial charge in [0.1, 0.15) is 6.04 Å². The molecule has 7 rings (SSSR count). The van der Waals surface area contributed by atoms with Crippen molar-refractivity contribution in [2.75, 3.05) is 11.9 Å². The molecule has 2 N–H and O–H groups in total. The minimum Gasteiger partial charge on any atom is -0.384 e. The Bertz CT molecular complexity index is 1520. The van der Waals surface area contributed by atoms with Gasteiger partial charge in [-0.3, -0.25) is 34.1 Å². The van der Waals surface area contributed by atoms with Crippen molar-refractivity contribution < 1.29 is 19.2 Å². The summed E-state index contributed by atoms with van der Waals surface area (Å²) in [5, 5.41) is 10.7. The second-order valence-electron chi connectivity index (χ2n) is 11.5. The van der Waals surface area contributed by atoms with Gasteiger partial charge in [0.15, 0.2) is 0 Å². The molecule has 0 bridgehead atoms. The van der Waals surface area contributed by atoms with Crippen molar-refractivity contribution in [3.8, 4) is 0 Å². The van der Waals surface area contributed by atoms with Crippen LogP contribution in [-0.4, -0.2) is 50.9 Å². The first-order valence-corrected chi connectivity index (χ1v) is 14.2. The summed E-state index contributed by atoms with van der Waals surface area (Å²) in [5.74, 6) is -0.941. The molecule has 0 spiro atoms. The van der Waals surface area contributed by atoms with Crippen LogP contribution < -0.4 is 10.6 Å². The van der Waals surface area contributed by atoms with Crippen molar-refractivity contribution in [1.82, 2.24) is 20.0 Å². The van der Waals surface area contributed by atoms with Gasteiger partial charge in [0.2, 0.25) is 11.8 Å². The summed E-state index contributed by atoms with van der Waals surface area (Å²) in [6.45, 7) is 0.678. The van der Waals surface area contributed by atoms with Crippen molar-refractivity contribution in [3.05, 3.63) is 82.7 Å². The lowest BCUT2D eigenvalue weighted by Crippen LogP contribution is -2.54. The fourth-order valence-corrected chi connectivity index (χ4v) is 6.27. The third-order valence-corrected chi connectivity index (χ3v) is 8.66. The second-order valence-corrected chi connectivity index (χ2v) is 11.5. The average molecular weight is 538 g/mol. The van der Waals surface area contributed by atoms with Crippen LogP contribution in [0.2, 0.25) is 0 Å². The number of anilines is 1. The summed E-state index contributed by atoms with van der Waals surface area (Å²) < 4.78 is 2.25. The maximum absolute atomic E-state index is 13.4. The summed E-state index contributed by atoms with van der Waals surface area (Å²) >= 11 is 0. The minimum atomic E-state index is -0.968. The molecule has 40 heavy (non-hydrogen) atoms. The molecule has 3 aromatic rings. The number of fused-ring (bicyclic) bond motifs is 1. The zero-order valence-corrected chi connectivity index (χ0v) is 22.1. The Hall–Kier alpha value is -4.27. The van der Waals surface area contributed by atoms with E-state index in [9.17, 15) is 19.2 Å². The number of aromatic nitrogens is 2. The van der Waals surface area contributed by atoms with Crippen LogP contribution in [0.3, 0.4) is 0 Å². The fraction of sp³-hybridized carbons (Fsp3) is 0.387. The normalized spacial score (nSPS) is 24.1. The van der Waals surface area contributed by atoms with Crippen LogP contribution in [0.4, 0.5) is 5.69 Å². The Morgan fingerprint density at radius 3 is 2.48 bits per heavy atom. The summed E-state index contributed by atoms with van der Waals surface area (Å²) in [6.07, 6.45) is 5.55. The molecule has 4 aliphatic rings. The lowest BCUT2D eigenvalue weighted by molar-refractivity contribution is -0.136. The van der Waals surface area contributed by atoms with E-state index >= 15 is 0 Å². The SMILES string of the molecule is O=C1CCC(N2C(=O)c3cccc(NC[C@H]4C[C@H](n5nc(C6CC6)cc5Cc5ccccc5)C4)c3C2=O)C(=O)N1. The number of imide groups is 2. The topological polar surface area (TPSA) is 113 Å². The van der Waals surface area contributed by atoms with Crippen LogP contribution in [-0.2, 0) is 16.0 Å². The predicted octanol–water partition coefficient (Wildman–Crippen LogP) is 3.82. The van der Waals surface area contributed by atoms with Gasteiger partial charge in [0.05, 0.1) is 22.9 Å². The highest BCUT2D eigenvalue weighted by Crippen LogP contribution is 2.43. The molecule has 2 aliphatic heterocycles. The van der Waals surface area contributed by atoms with E-state index in [0.717, 1.165) is 24.2 Å². The van der Waals surface area contributed by atoms with E-state index in [1.807, 2.05) is 12.1 Å². The van der Waals surface area contributed by atoms with Gasteiger partial charge in [-0.25, -0.2) is 0 Å². The van der Waals surface area contributed by atoms with Crippen LogP contribution in [0, 0.1) is 5.92 Å². The molecule has 0 radical (unpaired) electrons. The summed E-state index contributed by atoms with van der Waals surface area (Å²) in [4.78, 5) is 51.4. The molecular weight excluding hydrogens is 506 g/mol. The van der Waals surface area contributed by atoms with E-state index in [0.29, 0.717) is 41.2 Å². The molecule has 9 heteroatoms. The second kappa shape index (κ2) is 9.73. The minimum absolute atomic E-state index is 0.100. The van der Waals surface area contributed by atoms with Gasteiger partial charge >= 0.3 is 0 Å². The Labute approximate surface area is 231 Å². The van der Waals surface area contributed by atoms with Gasteiger partial charge in [-0.1, -0.05) is 36.4 Å². The summed E-state index contributed by atoms with van der Waals surface area (Å²) in [6, 6.07) is 17.4. The van der Waals surface area contributed by atoms with Crippen LogP contribution in [0.5, 0.6) is 0 Å². The number of carbonyl (C=O) groups excluding carboxylic acids is 4. The fourth-order valence-electron chi connectivity index (χ4n) is 6.27. The average Bonchev–Trinajstić information content (AvgIpc) is 3.65. The first kappa shape index (κ1) is 24.7. The zero-order chi connectivity index (χ0) is 27.4. The molecule has 204 valence electrons. The molecule has 4 amide bonds. The lowest BCUT2D eigenvalue weighted by Gasteiger charge is -2.37. The molecule has 1 saturated heterocycles. The molecule has 9 nitrogen and oxygen atoms in total. The molecule has 1 aromatic heterocycles. The first-order chi connectivity index (χ1) is 19.5. The number of benzene rings is 2. The van der Waals surface area contributed by atoms with Gasteiger partial charge < -0.3 is 5.32 Å². The third kappa shape index (κ3) is 4.39. The maximum Gasteiger partial charge on any atom is 0.264 e. The standard InChI is InChI=1S/C31H31N5O4/c37-27-12-11-26(29(38)33-27)35-30(39)23-7-4-8-24(28(23)31(35)40)32-17-19-14-21(15-19)36-22(13-18-5-2-1-3-6-18)16-25(34-36)20-9-10-20/h1-8,16,19-21,26,32H,9-15,17H2,(H,33,37,38)/t19-,21-,26?. The molecule has 1 unspecified atom stereocenters. The molecule has 2 aromatic carbocycles. The molecule has 3 fully saturated rings. The zero-order valence-electron chi connectivity index (χ0n) is 22.1. The highest BCUT2D eigenvalue weighted by molar-refractivity contribution is 6.25. The lowest BCUT2D eigenvalue weighted by atomic mass is 9.80. The predicted molar refractivity (Wildman–Crippen MR) is 147 cm³/mol. The quantitative estimate of drug-likeness (QED) is 0.423. The van der Waals surface area contributed by atoms with E-state index in [1.54, 1.807) is 12.1 Å². The Balaban J connectivity index is 1.02. The highest BCUT2D eigenvalue weighted by Gasteiger charge is 2.45. The number of piperidine rings is 1. The van der Waals surface area contributed by atoms with E-state index in [4.69, 9.17) is 5.10 Å². The molecule has 1 atom stereocenters. The Morgan fingerprint density at radius 1 is 0.925 bits per heavy atom. The molecule has 2 aliphatic carbocycles. The van der Waals surface area contributed by atoms with Crippen molar-refractivity contribution in [3.63, 3.8) is 0 Å². The van der Waals surface area contributed by atoms with Gasteiger partial charge in [0.25, 0.3) is 11.8 Å². The van der Waals surface area contributed by atoms with E-state index in [1.165, 1.54) is 29.8 Å². The Kier molecular flexibility index (Phi) is 6.02. The van der Waals surface area contributed by atoms with Crippen molar-refractivity contribution in [2.45, 2.75) is 62.9 Å².